The topological polar surface area (TPSA) is 100 Å². The lowest BCUT2D eigenvalue weighted by atomic mass is 10.0. The number of ether oxygens (including phenoxy) is 1. The van der Waals surface area contributed by atoms with Gasteiger partial charge in [0, 0.05) is 42.1 Å². The molecule has 1 saturated carbocycles. The Bertz CT molecular complexity index is 1950. The third kappa shape index (κ3) is 5.62. The summed E-state index contributed by atoms with van der Waals surface area (Å²) in [5.41, 5.74) is 0.693. The van der Waals surface area contributed by atoms with E-state index in [1.807, 2.05) is 6.07 Å². The number of fused-ring (bicyclic) bond motifs is 1. The van der Waals surface area contributed by atoms with Crippen molar-refractivity contribution < 1.29 is 22.3 Å². The number of benzene rings is 3. The van der Waals surface area contributed by atoms with Crippen molar-refractivity contribution >= 4 is 11.0 Å². The lowest BCUT2D eigenvalue weighted by Crippen LogP contribution is -2.14. The van der Waals surface area contributed by atoms with E-state index in [0.29, 0.717) is 24.3 Å². The van der Waals surface area contributed by atoms with E-state index in [1.165, 1.54) is 30.5 Å². The molecule has 0 amide bonds. The molecule has 3 aromatic carbocycles. The number of aromatic nitrogens is 4. The molecule has 2 aromatic heterocycles. The van der Waals surface area contributed by atoms with E-state index in [-0.39, 0.29) is 57.9 Å². The van der Waals surface area contributed by atoms with Crippen LogP contribution in [0.15, 0.2) is 60.8 Å². The van der Waals surface area contributed by atoms with E-state index in [4.69, 9.17) is 10.00 Å². The predicted octanol–water partition coefficient (Wildman–Crippen LogP) is 6.79. The van der Waals surface area contributed by atoms with Gasteiger partial charge in [-0.25, -0.2) is 27.5 Å². The minimum absolute atomic E-state index is 0.0187. The Kier molecular flexibility index (Phi) is 7.24. The summed E-state index contributed by atoms with van der Waals surface area (Å²) in [7, 11) is 0. The molecular weight excluding hydrogens is 560 g/mol. The Balaban J connectivity index is 1.26. The van der Waals surface area contributed by atoms with Crippen LogP contribution in [-0.2, 0) is 19.6 Å². The van der Waals surface area contributed by atoms with Gasteiger partial charge in [-0.15, -0.1) is 0 Å². The summed E-state index contributed by atoms with van der Waals surface area (Å²) in [6, 6.07) is 15.9. The van der Waals surface area contributed by atoms with Crippen molar-refractivity contribution in [3.63, 3.8) is 0 Å². The second kappa shape index (κ2) is 11.2. The van der Waals surface area contributed by atoms with Crippen molar-refractivity contribution in [2.75, 3.05) is 0 Å². The Labute approximate surface area is 243 Å². The zero-order chi connectivity index (χ0) is 30.1. The Morgan fingerprint density at radius 2 is 1.70 bits per heavy atom. The van der Waals surface area contributed by atoms with Crippen LogP contribution in [0.2, 0.25) is 0 Å². The van der Waals surface area contributed by atoms with Gasteiger partial charge in [-0.05, 0) is 60.9 Å². The molecule has 214 valence electrons. The van der Waals surface area contributed by atoms with Crippen LogP contribution in [0.4, 0.5) is 17.6 Å². The SMILES string of the molecule is N#CCC1(Cn2c(Cc3cc(F)c(-c4ccnc(OCc5ccc(C#N)cc5F)n4)cc3F)nc3c(F)cccc32)CC1. The van der Waals surface area contributed by atoms with E-state index in [2.05, 4.69) is 21.0 Å². The van der Waals surface area contributed by atoms with Gasteiger partial charge in [-0.3, -0.25) is 0 Å². The highest BCUT2D eigenvalue weighted by Crippen LogP contribution is 2.50. The number of rotatable bonds is 9. The zero-order valence-corrected chi connectivity index (χ0v) is 22.6. The van der Waals surface area contributed by atoms with E-state index < -0.39 is 23.3 Å². The summed E-state index contributed by atoms with van der Waals surface area (Å²) in [5.74, 6) is -2.26. The minimum atomic E-state index is -0.754. The van der Waals surface area contributed by atoms with Crippen molar-refractivity contribution in [3.05, 3.63) is 107 Å². The average molecular weight is 583 g/mol. The monoisotopic (exact) mass is 582 g/mol. The molecule has 0 bridgehead atoms. The molecule has 0 unspecified atom stereocenters. The molecule has 7 nitrogen and oxygen atoms in total. The zero-order valence-electron chi connectivity index (χ0n) is 22.6. The van der Waals surface area contributed by atoms with Crippen LogP contribution in [0, 0.1) is 51.3 Å². The molecule has 0 N–H and O–H groups in total. The van der Waals surface area contributed by atoms with Crippen molar-refractivity contribution in [2.45, 2.75) is 38.8 Å². The molecule has 2 heterocycles. The first-order chi connectivity index (χ1) is 20.8. The van der Waals surface area contributed by atoms with Gasteiger partial charge in [0.1, 0.15) is 35.4 Å². The van der Waals surface area contributed by atoms with Gasteiger partial charge in [0.05, 0.1) is 28.9 Å². The van der Waals surface area contributed by atoms with E-state index in [9.17, 15) is 14.0 Å². The molecule has 0 saturated heterocycles. The highest BCUT2D eigenvalue weighted by molar-refractivity contribution is 5.77. The normalized spacial score (nSPS) is 13.4. The number of hydrogen-bond donors (Lipinski definition) is 0. The fourth-order valence-corrected chi connectivity index (χ4v) is 5.07. The first-order valence-electron chi connectivity index (χ1n) is 13.4. The van der Waals surface area contributed by atoms with Gasteiger partial charge in [0.25, 0.3) is 0 Å². The number of nitrogens with zero attached hydrogens (tertiary/aromatic N) is 6. The van der Waals surface area contributed by atoms with Gasteiger partial charge in [0.15, 0.2) is 5.82 Å². The summed E-state index contributed by atoms with van der Waals surface area (Å²) in [6.07, 6.45) is 3.24. The molecular formula is C32H22F4N6O. The van der Waals surface area contributed by atoms with Gasteiger partial charge in [-0.2, -0.15) is 15.5 Å². The second-order valence-corrected chi connectivity index (χ2v) is 10.6. The number of nitriles is 2. The van der Waals surface area contributed by atoms with Crippen LogP contribution in [-0.4, -0.2) is 19.5 Å². The summed E-state index contributed by atoms with van der Waals surface area (Å²) in [5, 5.41) is 18.2. The van der Waals surface area contributed by atoms with Crippen LogP contribution >= 0.6 is 0 Å². The number of imidazole rings is 1. The van der Waals surface area contributed by atoms with Crippen molar-refractivity contribution in [3.8, 4) is 29.4 Å². The second-order valence-electron chi connectivity index (χ2n) is 10.6. The Hall–Kier alpha value is -5.29. The van der Waals surface area contributed by atoms with Gasteiger partial charge >= 0.3 is 6.01 Å². The van der Waals surface area contributed by atoms with Gasteiger partial charge < -0.3 is 9.30 Å². The molecule has 5 aromatic rings. The summed E-state index contributed by atoms with van der Waals surface area (Å²) < 4.78 is 67.0. The third-order valence-corrected chi connectivity index (χ3v) is 7.65. The predicted molar refractivity (Wildman–Crippen MR) is 147 cm³/mol. The van der Waals surface area contributed by atoms with Crippen LogP contribution in [0.1, 0.15) is 41.8 Å². The Morgan fingerprint density at radius 3 is 2.44 bits per heavy atom. The maximum atomic E-state index is 15.5. The van der Waals surface area contributed by atoms with Crippen LogP contribution < -0.4 is 4.74 Å². The molecule has 0 atom stereocenters. The summed E-state index contributed by atoms with van der Waals surface area (Å²) in [4.78, 5) is 12.6. The lowest BCUT2D eigenvalue weighted by molar-refractivity contribution is 0.275. The van der Waals surface area contributed by atoms with E-state index >= 15 is 8.78 Å². The summed E-state index contributed by atoms with van der Waals surface area (Å²) >= 11 is 0. The van der Waals surface area contributed by atoms with E-state index in [1.54, 1.807) is 16.7 Å². The number of halogens is 4. The van der Waals surface area contributed by atoms with Crippen molar-refractivity contribution in [1.29, 1.82) is 10.5 Å². The van der Waals surface area contributed by atoms with Gasteiger partial charge in [0.2, 0.25) is 0 Å². The molecule has 6 rings (SSSR count). The Morgan fingerprint density at radius 1 is 0.884 bits per heavy atom. The first-order valence-corrected chi connectivity index (χ1v) is 13.4. The van der Waals surface area contributed by atoms with Crippen LogP contribution in [0.5, 0.6) is 6.01 Å². The molecule has 1 aliphatic carbocycles. The largest absolute Gasteiger partial charge is 0.458 e. The van der Waals surface area contributed by atoms with Crippen LogP contribution in [0.3, 0.4) is 0 Å². The molecule has 43 heavy (non-hydrogen) atoms. The maximum absolute atomic E-state index is 15.5. The fourth-order valence-electron chi connectivity index (χ4n) is 5.07. The molecule has 1 fully saturated rings. The number of para-hydroxylation sites is 1. The quantitative estimate of drug-likeness (QED) is 0.178. The van der Waals surface area contributed by atoms with E-state index in [0.717, 1.165) is 31.0 Å². The van der Waals surface area contributed by atoms with Crippen molar-refractivity contribution in [1.82, 2.24) is 19.5 Å². The summed E-state index contributed by atoms with van der Waals surface area (Å²) in [6.45, 7) is 0.183. The minimum Gasteiger partial charge on any atom is -0.458 e. The first kappa shape index (κ1) is 27.9. The molecule has 0 radical (unpaired) electrons. The third-order valence-electron chi connectivity index (χ3n) is 7.65. The molecule has 0 aliphatic heterocycles. The highest BCUT2D eigenvalue weighted by Gasteiger charge is 2.43. The highest BCUT2D eigenvalue weighted by atomic mass is 19.1. The maximum Gasteiger partial charge on any atom is 0.317 e. The van der Waals surface area contributed by atoms with Gasteiger partial charge in [-0.1, -0.05) is 12.1 Å². The fraction of sp³-hybridized carbons (Fsp3) is 0.219. The smallest absolute Gasteiger partial charge is 0.317 e. The molecule has 11 heteroatoms. The average Bonchev–Trinajstić information content (AvgIpc) is 3.67. The van der Waals surface area contributed by atoms with Crippen molar-refractivity contribution in [2.24, 2.45) is 5.41 Å². The lowest BCUT2D eigenvalue weighted by Gasteiger charge is -2.16. The van der Waals surface area contributed by atoms with Crippen LogP contribution in [0.25, 0.3) is 22.3 Å². The molecule has 0 spiro atoms. The molecule has 1 aliphatic rings. The standard InChI is InChI=1S/C32H22F4N6O/c33-23-2-1-3-28-30(23)41-29(42(28)18-32(7-8-32)9-10-37)14-21-13-26(36)22(15-25(21)35)27-6-11-39-31(40-27)43-17-20-5-4-19(16-38)12-24(20)34/h1-6,11-13,15H,7-9,14,17-18H2. The number of hydrogen-bond acceptors (Lipinski definition) is 6.